The number of aromatic nitrogens is 2. The Labute approximate surface area is 351 Å². The monoisotopic (exact) mass is 782 g/mol. The molecule has 0 amide bonds. The van der Waals surface area contributed by atoms with Crippen molar-refractivity contribution in [2.45, 2.75) is 19.3 Å². The highest BCUT2D eigenvalue weighted by atomic mass is 32.1. The van der Waals surface area contributed by atoms with Gasteiger partial charge in [-0.15, -0.1) is 11.3 Å². The van der Waals surface area contributed by atoms with Gasteiger partial charge in [0.1, 0.15) is 0 Å². The SMILES string of the molecule is CC1(C)c2ccccc2-c2cc3c4ccccc4n(-c4cc(-c5ccc6c(c5)c5ccccc5n6-c5ccccc5)cc(-c5cccc6c5sc5ccccc56)c4)c3cc21. The summed E-state index contributed by atoms with van der Waals surface area (Å²) in [7, 11) is 0. The molecule has 3 heteroatoms. The molecule has 3 heterocycles. The van der Waals surface area contributed by atoms with Gasteiger partial charge in [0.2, 0.25) is 0 Å². The van der Waals surface area contributed by atoms with E-state index < -0.39 is 0 Å². The van der Waals surface area contributed by atoms with Crippen LogP contribution in [0.15, 0.2) is 194 Å². The van der Waals surface area contributed by atoms with Crippen molar-refractivity contribution in [3.05, 3.63) is 205 Å². The molecule has 0 saturated heterocycles. The zero-order chi connectivity index (χ0) is 39.7. The summed E-state index contributed by atoms with van der Waals surface area (Å²) in [6, 6.07) is 72.4. The molecule has 0 fully saturated rings. The van der Waals surface area contributed by atoms with Crippen LogP contribution in [-0.2, 0) is 5.41 Å². The third-order valence-corrected chi connectivity index (χ3v) is 14.5. The first-order chi connectivity index (χ1) is 29.5. The van der Waals surface area contributed by atoms with Gasteiger partial charge in [0, 0.05) is 58.5 Å². The lowest BCUT2D eigenvalue weighted by molar-refractivity contribution is 0.661. The van der Waals surface area contributed by atoms with E-state index in [1.165, 1.54) is 114 Å². The van der Waals surface area contributed by atoms with E-state index in [1.54, 1.807) is 0 Å². The van der Waals surface area contributed by atoms with Crippen LogP contribution in [0.2, 0.25) is 0 Å². The molecule has 9 aromatic carbocycles. The predicted octanol–water partition coefficient (Wildman–Crippen LogP) is 15.9. The molecule has 282 valence electrons. The molecule has 1 aliphatic rings. The van der Waals surface area contributed by atoms with Gasteiger partial charge in [0.25, 0.3) is 0 Å². The summed E-state index contributed by atoms with van der Waals surface area (Å²) < 4.78 is 7.57. The smallest absolute Gasteiger partial charge is 0.0544 e. The van der Waals surface area contributed by atoms with Crippen LogP contribution in [0.1, 0.15) is 25.0 Å². The van der Waals surface area contributed by atoms with E-state index in [2.05, 4.69) is 217 Å². The van der Waals surface area contributed by atoms with Crippen LogP contribution >= 0.6 is 11.3 Å². The van der Waals surface area contributed by atoms with E-state index >= 15 is 0 Å². The normalized spacial score (nSPS) is 13.3. The molecule has 2 nitrogen and oxygen atoms in total. The van der Waals surface area contributed by atoms with Crippen LogP contribution in [-0.4, -0.2) is 9.13 Å². The molecular formula is C57H38N2S. The van der Waals surface area contributed by atoms with E-state index in [9.17, 15) is 0 Å². The summed E-state index contributed by atoms with van der Waals surface area (Å²) in [5, 5.41) is 7.68. The van der Waals surface area contributed by atoms with Crippen LogP contribution in [0.5, 0.6) is 0 Å². The Morgan fingerprint density at radius 2 is 0.967 bits per heavy atom. The van der Waals surface area contributed by atoms with Crippen molar-refractivity contribution < 1.29 is 0 Å². The highest BCUT2D eigenvalue weighted by molar-refractivity contribution is 7.26. The minimum atomic E-state index is -0.112. The summed E-state index contributed by atoms with van der Waals surface area (Å²) in [4.78, 5) is 0. The Bertz CT molecular complexity index is 3740. The van der Waals surface area contributed by atoms with Crippen molar-refractivity contribution in [3.63, 3.8) is 0 Å². The first-order valence-corrected chi connectivity index (χ1v) is 21.7. The molecule has 0 bridgehead atoms. The Kier molecular flexibility index (Phi) is 6.98. The summed E-state index contributed by atoms with van der Waals surface area (Å²) in [6.07, 6.45) is 0. The molecular weight excluding hydrogens is 745 g/mol. The van der Waals surface area contributed by atoms with Gasteiger partial charge in [-0.2, -0.15) is 0 Å². The molecule has 0 spiro atoms. The van der Waals surface area contributed by atoms with Crippen molar-refractivity contribution in [3.8, 4) is 44.8 Å². The zero-order valence-electron chi connectivity index (χ0n) is 33.3. The molecule has 13 rings (SSSR count). The van der Waals surface area contributed by atoms with Crippen molar-refractivity contribution in [1.29, 1.82) is 0 Å². The maximum absolute atomic E-state index is 2.53. The maximum atomic E-state index is 2.53. The minimum absolute atomic E-state index is 0.112. The highest BCUT2D eigenvalue weighted by Crippen LogP contribution is 2.51. The first kappa shape index (κ1) is 33.7. The summed E-state index contributed by atoms with van der Waals surface area (Å²) in [6.45, 7) is 4.76. The van der Waals surface area contributed by atoms with Gasteiger partial charge >= 0.3 is 0 Å². The lowest BCUT2D eigenvalue weighted by atomic mass is 9.82. The number of para-hydroxylation sites is 3. The third kappa shape index (κ3) is 4.70. The molecule has 0 N–H and O–H groups in total. The van der Waals surface area contributed by atoms with Gasteiger partial charge in [-0.1, -0.05) is 135 Å². The number of hydrogen-bond acceptors (Lipinski definition) is 1. The van der Waals surface area contributed by atoms with Gasteiger partial charge < -0.3 is 9.13 Å². The predicted molar refractivity (Wildman–Crippen MR) is 256 cm³/mol. The number of thiophene rings is 1. The largest absolute Gasteiger partial charge is 0.309 e. The Hall–Kier alpha value is -7.20. The molecule has 0 unspecified atom stereocenters. The third-order valence-electron chi connectivity index (χ3n) is 13.3. The van der Waals surface area contributed by atoms with Crippen molar-refractivity contribution in [2.24, 2.45) is 0 Å². The Balaban J connectivity index is 1.10. The van der Waals surface area contributed by atoms with Gasteiger partial charge in [-0.3, -0.25) is 0 Å². The fourth-order valence-electron chi connectivity index (χ4n) is 10.5. The number of nitrogens with zero attached hydrogens (tertiary/aromatic N) is 2. The fraction of sp³-hybridized carbons (Fsp3) is 0.0526. The number of hydrogen-bond donors (Lipinski definition) is 0. The fourth-order valence-corrected chi connectivity index (χ4v) is 11.7. The zero-order valence-corrected chi connectivity index (χ0v) is 34.1. The molecule has 3 aromatic heterocycles. The summed E-state index contributed by atoms with van der Waals surface area (Å²) >= 11 is 1.89. The maximum Gasteiger partial charge on any atom is 0.0544 e. The second kappa shape index (κ2) is 12.4. The van der Waals surface area contributed by atoms with Crippen LogP contribution in [0.3, 0.4) is 0 Å². The Morgan fingerprint density at radius 1 is 0.350 bits per heavy atom. The molecule has 0 radical (unpaired) electrons. The van der Waals surface area contributed by atoms with E-state index in [0.717, 1.165) is 5.69 Å². The summed E-state index contributed by atoms with van der Waals surface area (Å²) in [5.41, 5.74) is 17.4. The molecule has 0 saturated carbocycles. The lowest BCUT2D eigenvalue weighted by Gasteiger charge is -2.22. The second-order valence-electron chi connectivity index (χ2n) is 16.9. The van der Waals surface area contributed by atoms with Gasteiger partial charge in [-0.05, 0) is 117 Å². The van der Waals surface area contributed by atoms with Gasteiger partial charge in [-0.25, -0.2) is 0 Å². The molecule has 1 aliphatic carbocycles. The quantitative estimate of drug-likeness (QED) is 0.168. The number of benzene rings is 9. The second-order valence-corrected chi connectivity index (χ2v) is 18.0. The minimum Gasteiger partial charge on any atom is -0.309 e. The first-order valence-electron chi connectivity index (χ1n) is 20.8. The molecule has 12 aromatic rings. The van der Waals surface area contributed by atoms with Gasteiger partial charge in [0.15, 0.2) is 0 Å². The van der Waals surface area contributed by atoms with Crippen molar-refractivity contribution >= 4 is 75.1 Å². The topological polar surface area (TPSA) is 9.86 Å². The van der Waals surface area contributed by atoms with Crippen LogP contribution < -0.4 is 0 Å². The van der Waals surface area contributed by atoms with Crippen LogP contribution in [0, 0.1) is 0 Å². The van der Waals surface area contributed by atoms with Crippen LogP contribution in [0.4, 0.5) is 0 Å². The lowest BCUT2D eigenvalue weighted by Crippen LogP contribution is -2.15. The van der Waals surface area contributed by atoms with E-state index in [1.807, 2.05) is 11.3 Å². The highest BCUT2D eigenvalue weighted by Gasteiger charge is 2.36. The van der Waals surface area contributed by atoms with E-state index in [4.69, 9.17) is 0 Å². The van der Waals surface area contributed by atoms with Gasteiger partial charge in [0.05, 0.1) is 22.1 Å². The van der Waals surface area contributed by atoms with Crippen LogP contribution in [0.25, 0.3) is 109 Å². The van der Waals surface area contributed by atoms with E-state index in [-0.39, 0.29) is 5.41 Å². The van der Waals surface area contributed by atoms with Crippen molar-refractivity contribution in [1.82, 2.24) is 9.13 Å². The molecule has 0 aliphatic heterocycles. The van der Waals surface area contributed by atoms with E-state index in [0.29, 0.717) is 0 Å². The molecule has 60 heavy (non-hydrogen) atoms. The standard InChI is InChI=1S/C57H38N2S/c1-57(2)49-23-10-6-17-41(49)46-33-48-43-19-8-12-25-52(43)59(54(48)34-50(46)57)39-30-36(29-37(31-39)40-21-14-22-45-44-20-9-13-26-55(44)60-56(40)45)35-27-28-53-47(32-35)42-18-7-11-24-51(42)58(53)38-15-4-3-5-16-38/h3-34H,1-2H3. The molecule has 0 atom stereocenters. The number of rotatable bonds is 4. The Morgan fingerprint density at radius 3 is 1.78 bits per heavy atom. The number of fused-ring (bicyclic) bond motifs is 12. The average Bonchev–Trinajstić information content (AvgIpc) is 4.01. The summed E-state index contributed by atoms with van der Waals surface area (Å²) in [5.74, 6) is 0. The average molecular weight is 783 g/mol. The van der Waals surface area contributed by atoms with Crippen molar-refractivity contribution in [2.75, 3.05) is 0 Å².